The third-order valence-corrected chi connectivity index (χ3v) is 3.95. The van der Waals surface area contributed by atoms with Gasteiger partial charge in [-0.25, -0.2) is 4.39 Å². The van der Waals surface area contributed by atoms with Crippen molar-refractivity contribution in [3.63, 3.8) is 0 Å². The maximum absolute atomic E-state index is 14.3. The molecular weight excluding hydrogens is 295 g/mol. The Kier molecular flexibility index (Phi) is 5.54. The molecule has 0 aromatic heterocycles. The van der Waals surface area contributed by atoms with Crippen molar-refractivity contribution in [2.75, 3.05) is 31.1 Å². The van der Waals surface area contributed by atoms with E-state index in [1.807, 2.05) is 30.0 Å². The Morgan fingerprint density at radius 2 is 2.04 bits per heavy atom. The van der Waals surface area contributed by atoms with Crippen LogP contribution in [0.4, 0.5) is 10.1 Å². The molecule has 0 atom stereocenters. The van der Waals surface area contributed by atoms with E-state index >= 15 is 0 Å². The number of hydrogen-bond acceptors (Lipinski definition) is 4. The fraction of sp³-hybridized carbons (Fsp3) is 0.471. The number of nitriles is 2. The maximum Gasteiger partial charge on any atom is 0.226 e. The number of carbonyl (C=O) groups excluding carboxylic acids is 1. The summed E-state index contributed by atoms with van der Waals surface area (Å²) < 4.78 is 14.3. The van der Waals surface area contributed by atoms with Gasteiger partial charge in [0.1, 0.15) is 18.9 Å². The van der Waals surface area contributed by atoms with Crippen molar-refractivity contribution in [2.24, 2.45) is 0 Å². The van der Waals surface area contributed by atoms with Crippen LogP contribution in [0, 0.1) is 35.4 Å². The number of rotatable bonds is 5. The predicted molar refractivity (Wildman–Crippen MR) is 84.1 cm³/mol. The highest BCUT2D eigenvalue weighted by molar-refractivity contribution is 5.77. The second-order valence-electron chi connectivity index (χ2n) is 5.66. The second-order valence-corrected chi connectivity index (χ2v) is 5.66. The highest BCUT2D eigenvalue weighted by Gasteiger charge is 2.22. The fourth-order valence-corrected chi connectivity index (χ4v) is 2.94. The van der Waals surface area contributed by atoms with E-state index in [-0.39, 0.29) is 31.2 Å². The average Bonchev–Trinajstić information content (AvgIpc) is 2.51. The molecule has 0 fully saturated rings. The molecule has 23 heavy (non-hydrogen) atoms. The van der Waals surface area contributed by atoms with Crippen molar-refractivity contribution >= 4 is 11.6 Å². The lowest BCUT2D eigenvalue weighted by molar-refractivity contribution is -0.129. The van der Waals surface area contributed by atoms with E-state index in [2.05, 4.69) is 0 Å². The number of nitrogens with zero attached hydrogens (tertiary/aromatic N) is 4. The summed E-state index contributed by atoms with van der Waals surface area (Å²) >= 11 is 0. The van der Waals surface area contributed by atoms with E-state index < -0.39 is 0 Å². The fourth-order valence-electron chi connectivity index (χ4n) is 2.94. The van der Waals surface area contributed by atoms with E-state index in [1.54, 1.807) is 0 Å². The maximum atomic E-state index is 14.3. The van der Waals surface area contributed by atoms with E-state index in [0.717, 1.165) is 24.0 Å². The Morgan fingerprint density at radius 1 is 1.35 bits per heavy atom. The van der Waals surface area contributed by atoms with Crippen molar-refractivity contribution < 1.29 is 9.18 Å². The van der Waals surface area contributed by atoms with Gasteiger partial charge in [0.05, 0.1) is 17.8 Å². The smallest absolute Gasteiger partial charge is 0.226 e. The van der Waals surface area contributed by atoms with Crippen molar-refractivity contribution in [1.82, 2.24) is 4.90 Å². The summed E-state index contributed by atoms with van der Waals surface area (Å²) in [5.74, 6) is -0.509. The first-order chi connectivity index (χ1) is 11.1. The van der Waals surface area contributed by atoms with Gasteiger partial charge in [0.25, 0.3) is 0 Å². The van der Waals surface area contributed by atoms with Crippen LogP contribution < -0.4 is 4.90 Å². The quantitative estimate of drug-likeness (QED) is 0.781. The van der Waals surface area contributed by atoms with Crippen LogP contribution in [-0.2, 0) is 11.2 Å². The van der Waals surface area contributed by atoms with Crippen molar-refractivity contribution in [3.05, 3.63) is 29.1 Å². The normalized spacial score (nSPS) is 13.0. The molecule has 0 saturated carbocycles. The second kappa shape index (κ2) is 7.60. The van der Waals surface area contributed by atoms with E-state index in [4.69, 9.17) is 10.5 Å². The lowest BCUT2D eigenvalue weighted by atomic mass is 9.99. The van der Waals surface area contributed by atoms with Gasteiger partial charge < -0.3 is 9.80 Å². The Balaban J connectivity index is 2.07. The van der Waals surface area contributed by atoms with Gasteiger partial charge in [-0.1, -0.05) is 6.07 Å². The zero-order valence-electron chi connectivity index (χ0n) is 13.2. The number of hydrogen-bond donors (Lipinski definition) is 0. The summed E-state index contributed by atoms with van der Waals surface area (Å²) in [5.41, 5.74) is 2.46. The molecule has 6 heteroatoms. The van der Waals surface area contributed by atoms with Crippen LogP contribution in [0.15, 0.2) is 12.1 Å². The largest absolute Gasteiger partial charge is 0.368 e. The number of aryl methyl sites for hydroxylation is 2. The van der Waals surface area contributed by atoms with Gasteiger partial charge in [0.2, 0.25) is 5.91 Å². The molecule has 120 valence electrons. The molecule has 0 N–H and O–H groups in total. The first kappa shape index (κ1) is 16.8. The number of benzene rings is 1. The molecule has 1 aromatic carbocycles. The lowest BCUT2D eigenvalue weighted by Crippen LogP contribution is -2.37. The summed E-state index contributed by atoms with van der Waals surface area (Å²) in [6.07, 6.45) is 1.92. The number of amides is 1. The van der Waals surface area contributed by atoms with Gasteiger partial charge >= 0.3 is 0 Å². The van der Waals surface area contributed by atoms with Crippen molar-refractivity contribution in [2.45, 2.75) is 26.2 Å². The molecule has 1 heterocycles. The minimum Gasteiger partial charge on any atom is -0.368 e. The van der Waals surface area contributed by atoms with Gasteiger partial charge in [0, 0.05) is 19.5 Å². The Labute approximate surface area is 135 Å². The summed E-state index contributed by atoms with van der Waals surface area (Å²) in [5, 5.41) is 17.4. The van der Waals surface area contributed by atoms with Gasteiger partial charge in [-0.2, -0.15) is 10.5 Å². The van der Waals surface area contributed by atoms with Crippen LogP contribution in [0.1, 0.15) is 24.0 Å². The summed E-state index contributed by atoms with van der Waals surface area (Å²) in [7, 11) is 0. The molecule has 1 aliphatic heterocycles. The molecule has 1 aromatic rings. The van der Waals surface area contributed by atoms with Gasteiger partial charge in [-0.05, 0) is 37.0 Å². The third kappa shape index (κ3) is 3.98. The minimum absolute atomic E-state index is 0.101. The highest BCUT2D eigenvalue weighted by atomic mass is 19.1. The molecule has 0 aliphatic carbocycles. The van der Waals surface area contributed by atoms with Crippen molar-refractivity contribution in [1.29, 1.82) is 10.5 Å². The number of carbonyl (C=O) groups is 1. The van der Waals surface area contributed by atoms with Crippen LogP contribution in [0.3, 0.4) is 0 Å². The van der Waals surface area contributed by atoms with Crippen LogP contribution in [0.5, 0.6) is 0 Å². The first-order valence-corrected chi connectivity index (χ1v) is 7.62. The zero-order chi connectivity index (χ0) is 16.8. The summed E-state index contributed by atoms with van der Waals surface area (Å²) in [4.78, 5) is 15.2. The zero-order valence-corrected chi connectivity index (χ0v) is 13.2. The number of anilines is 1. The molecule has 2 rings (SSSR count). The van der Waals surface area contributed by atoms with E-state index in [9.17, 15) is 9.18 Å². The predicted octanol–water partition coefficient (Wildman–Crippen LogP) is 2.15. The standard InChI is InChI=1S/C17H19FN4O/c1-13-11-14-3-2-7-22(17(14)15(18)12-13)8-4-16(23)21(9-5-19)10-6-20/h11-12H,2-4,7-10H2,1H3. The highest BCUT2D eigenvalue weighted by Crippen LogP contribution is 2.31. The monoisotopic (exact) mass is 314 g/mol. The third-order valence-electron chi connectivity index (χ3n) is 3.95. The van der Waals surface area contributed by atoms with Crippen molar-refractivity contribution in [3.8, 4) is 12.1 Å². The molecule has 1 amide bonds. The molecule has 1 aliphatic rings. The number of halogens is 1. The molecular formula is C17H19FN4O. The van der Waals surface area contributed by atoms with Gasteiger partial charge in [-0.15, -0.1) is 0 Å². The molecule has 0 saturated heterocycles. The Hall–Kier alpha value is -2.60. The molecule has 0 bridgehead atoms. The topological polar surface area (TPSA) is 71.1 Å². The molecule has 5 nitrogen and oxygen atoms in total. The minimum atomic E-state index is -0.257. The first-order valence-electron chi connectivity index (χ1n) is 7.62. The summed E-state index contributed by atoms with van der Waals surface area (Å²) in [6, 6.07) is 7.27. The van der Waals surface area contributed by atoms with Crippen LogP contribution in [-0.4, -0.2) is 37.0 Å². The van der Waals surface area contributed by atoms with Crippen LogP contribution in [0.2, 0.25) is 0 Å². The van der Waals surface area contributed by atoms with E-state index in [1.165, 1.54) is 11.0 Å². The Bertz CT molecular complexity index is 658. The molecule has 0 unspecified atom stereocenters. The van der Waals surface area contributed by atoms with Crippen LogP contribution in [0.25, 0.3) is 0 Å². The molecule has 0 spiro atoms. The average molecular weight is 314 g/mol. The lowest BCUT2D eigenvalue weighted by Gasteiger charge is -2.32. The van der Waals surface area contributed by atoms with E-state index in [0.29, 0.717) is 18.8 Å². The van der Waals surface area contributed by atoms with Gasteiger partial charge in [0.15, 0.2) is 0 Å². The molecule has 0 radical (unpaired) electrons. The van der Waals surface area contributed by atoms with Crippen LogP contribution >= 0.6 is 0 Å². The SMILES string of the molecule is Cc1cc(F)c2c(c1)CCCN2CCC(=O)N(CC#N)CC#N. The van der Waals surface area contributed by atoms with Gasteiger partial charge in [-0.3, -0.25) is 4.79 Å². The summed E-state index contributed by atoms with van der Waals surface area (Å²) in [6.45, 7) is 2.76. The number of fused-ring (bicyclic) bond motifs is 1. The Morgan fingerprint density at radius 3 is 2.70 bits per heavy atom.